The van der Waals surface area contributed by atoms with Gasteiger partial charge in [0.2, 0.25) is 0 Å². The van der Waals surface area contributed by atoms with Crippen molar-refractivity contribution in [2.75, 3.05) is 16.8 Å². The van der Waals surface area contributed by atoms with E-state index >= 15 is 0 Å². The maximum Gasteiger partial charge on any atom is 0.268 e. The lowest BCUT2D eigenvalue weighted by Gasteiger charge is -2.19. The molecule has 3 aromatic carbocycles. The normalized spacial score (nSPS) is 13.2. The van der Waals surface area contributed by atoms with Gasteiger partial charge in [0.15, 0.2) is 6.61 Å². The van der Waals surface area contributed by atoms with Crippen LogP contribution >= 0.6 is 0 Å². The highest BCUT2D eigenvalue weighted by Crippen LogP contribution is 2.32. The van der Waals surface area contributed by atoms with Crippen LogP contribution in [0.4, 0.5) is 11.4 Å². The highest BCUT2D eigenvalue weighted by Gasteiger charge is 2.38. The standard InChI is InChI=1S/C26H24N2O4/c1-26(2,3)17-12-14-19(15-13-17)32-16-22(29)27-21-11-7-10-20-23(21)25(31)28(24(20)30)18-8-5-4-6-9-18/h4-15H,16H2,1-3H3,(H,27,29). The van der Waals surface area contributed by atoms with Crippen molar-refractivity contribution in [3.8, 4) is 5.75 Å². The Bertz CT molecular complexity index is 1180. The molecule has 0 unspecified atom stereocenters. The topological polar surface area (TPSA) is 75.7 Å². The summed E-state index contributed by atoms with van der Waals surface area (Å²) in [5.41, 5.74) is 2.41. The minimum Gasteiger partial charge on any atom is -0.484 e. The molecule has 0 bridgehead atoms. The number of carbonyl (C=O) groups is 3. The Kier molecular flexibility index (Phi) is 5.53. The van der Waals surface area contributed by atoms with E-state index in [4.69, 9.17) is 4.74 Å². The Morgan fingerprint density at radius 2 is 1.56 bits per heavy atom. The van der Waals surface area contributed by atoms with Crippen molar-refractivity contribution in [3.63, 3.8) is 0 Å². The predicted octanol–water partition coefficient (Wildman–Crippen LogP) is 4.80. The van der Waals surface area contributed by atoms with Crippen molar-refractivity contribution < 1.29 is 19.1 Å². The molecule has 0 saturated heterocycles. The smallest absolute Gasteiger partial charge is 0.268 e. The zero-order valence-electron chi connectivity index (χ0n) is 18.2. The molecule has 6 nitrogen and oxygen atoms in total. The first-order chi connectivity index (χ1) is 15.3. The van der Waals surface area contributed by atoms with Crippen LogP contribution in [0.5, 0.6) is 5.75 Å². The second-order valence-corrected chi connectivity index (χ2v) is 8.62. The molecular weight excluding hydrogens is 404 g/mol. The average Bonchev–Trinajstić information content (AvgIpc) is 3.03. The van der Waals surface area contributed by atoms with Crippen LogP contribution in [0.1, 0.15) is 47.1 Å². The largest absolute Gasteiger partial charge is 0.484 e. The first-order valence-electron chi connectivity index (χ1n) is 10.4. The van der Waals surface area contributed by atoms with Crippen LogP contribution in [-0.4, -0.2) is 24.3 Å². The van der Waals surface area contributed by atoms with E-state index in [1.165, 1.54) is 5.56 Å². The quantitative estimate of drug-likeness (QED) is 0.592. The fraction of sp³-hybridized carbons (Fsp3) is 0.192. The van der Waals surface area contributed by atoms with Crippen LogP contribution in [0.2, 0.25) is 0 Å². The number of nitrogens with one attached hydrogen (secondary N) is 1. The van der Waals surface area contributed by atoms with Gasteiger partial charge in [-0.1, -0.05) is 57.2 Å². The number of nitrogens with zero attached hydrogens (tertiary/aromatic N) is 1. The summed E-state index contributed by atoms with van der Waals surface area (Å²) in [6, 6.07) is 21.1. The number of hydrogen-bond acceptors (Lipinski definition) is 4. The summed E-state index contributed by atoms with van der Waals surface area (Å²) in [4.78, 5) is 39.5. The van der Waals surface area contributed by atoms with Gasteiger partial charge in [0.05, 0.1) is 22.5 Å². The SMILES string of the molecule is CC(C)(C)c1ccc(OCC(=O)Nc2cccc3c2C(=O)N(c2ccccc2)C3=O)cc1. The van der Waals surface area contributed by atoms with Crippen LogP contribution in [-0.2, 0) is 10.2 Å². The molecule has 3 amide bonds. The van der Waals surface area contributed by atoms with Crippen molar-refractivity contribution in [3.05, 3.63) is 89.5 Å². The monoisotopic (exact) mass is 428 g/mol. The molecule has 6 heteroatoms. The van der Waals surface area contributed by atoms with E-state index in [2.05, 4.69) is 26.1 Å². The number of rotatable bonds is 5. The number of para-hydroxylation sites is 1. The maximum absolute atomic E-state index is 13.0. The molecule has 32 heavy (non-hydrogen) atoms. The molecule has 0 aliphatic carbocycles. The Labute approximate surface area is 186 Å². The van der Waals surface area contributed by atoms with Gasteiger partial charge in [-0.05, 0) is 47.4 Å². The van der Waals surface area contributed by atoms with E-state index in [-0.39, 0.29) is 28.8 Å². The van der Waals surface area contributed by atoms with Crippen LogP contribution in [0.3, 0.4) is 0 Å². The molecule has 0 atom stereocenters. The van der Waals surface area contributed by atoms with Crippen LogP contribution in [0.25, 0.3) is 0 Å². The summed E-state index contributed by atoms with van der Waals surface area (Å²) >= 11 is 0. The van der Waals surface area contributed by atoms with Crippen LogP contribution in [0, 0.1) is 0 Å². The van der Waals surface area contributed by atoms with Crippen molar-refractivity contribution in [1.82, 2.24) is 0 Å². The summed E-state index contributed by atoms with van der Waals surface area (Å²) in [5, 5.41) is 2.71. The number of ether oxygens (including phenoxy) is 1. The van der Waals surface area contributed by atoms with E-state index < -0.39 is 17.7 Å². The zero-order chi connectivity index (χ0) is 22.9. The molecule has 3 aromatic rings. The number of hydrogen-bond donors (Lipinski definition) is 1. The van der Waals surface area contributed by atoms with Crippen molar-refractivity contribution in [2.24, 2.45) is 0 Å². The van der Waals surface area contributed by atoms with Gasteiger partial charge in [0, 0.05) is 0 Å². The molecular formula is C26H24N2O4. The number of imide groups is 1. The van der Waals surface area contributed by atoms with Gasteiger partial charge in [-0.3, -0.25) is 14.4 Å². The highest BCUT2D eigenvalue weighted by atomic mass is 16.5. The first kappa shape index (κ1) is 21.3. The second-order valence-electron chi connectivity index (χ2n) is 8.62. The van der Waals surface area contributed by atoms with E-state index in [1.807, 2.05) is 30.3 Å². The van der Waals surface area contributed by atoms with Gasteiger partial charge in [0.1, 0.15) is 5.75 Å². The molecule has 1 aliphatic heterocycles. The molecule has 1 aliphatic rings. The van der Waals surface area contributed by atoms with Gasteiger partial charge in [-0.15, -0.1) is 0 Å². The summed E-state index contributed by atoms with van der Waals surface area (Å²) in [6.45, 7) is 6.15. The molecule has 0 aromatic heterocycles. The third-order valence-electron chi connectivity index (χ3n) is 5.29. The van der Waals surface area contributed by atoms with Crippen LogP contribution < -0.4 is 15.0 Å². The lowest BCUT2D eigenvalue weighted by atomic mass is 9.87. The lowest BCUT2D eigenvalue weighted by Crippen LogP contribution is -2.29. The molecule has 1 heterocycles. The van der Waals surface area contributed by atoms with Gasteiger partial charge >= 0.3 is 0 Å². The maximum atomic E-state index is 13.0. The predicted molar refractivity (Wildman–Crippen MR) is 123 cm³/mol. The fourth-order valence-corrected chi connectivity index (χ4v) is 3.59. The van der Waals surface area contributed by atoms with Crippen molar-refractivity contribution in [1.29, 1.82) is 0 Å². The molecule has 0 radical (unpaired) electrons. The summed E-state index contributed by atoms with van der Waals surface area (Å²) in [6.07, 6.45) is 0. The minimum atomic E-state index is -0.467. The van der Waals surface area contributed by atoms with Gasteiger partial charge in [-0.25, -0.2) is 4.90 Å². The molecule has 0 fully saturated rings. The van der Waals surface area contributed by atoms with Crippen molar-refractivity contribution in [2.45, 2.75) is 26.2 Å². The Balaban J connectivity index is 1.47. The summed E-state index contributed by atoms with van der Waals surface area (Å²) in [7, 11) is 0. The van der Waals surface area contributed by atoms with Crippen LogP contribution in [0.15, 0.2) is 72.8 Å². The van der Waals surface area contributed by atoms with Gasteiger partial charge in [-0.2, -0.15) is 0 Å². The Hall–Kier alpha value is -3.93. The number of anilines is 2. The minimum absolute atomic E-state index is 0.0290. The molecule has 4 rings (SSSR count). The third-order valence-corrected chi connectivity index (χ3v) is 5.29. The van der Waals surface area contributed by atoms with Gasteiger partial charge in [0.25, 0.3) is 17.7 Å². The Morgan fingerprint density at radius 1 is 0.875 bits per heavy atom. The molecule has 1 N–H and O–H groups in total. The first-order valence-corrected chi connectivity index (χ1v) is 10.4. The number of carbonyl (C=O) groups excluding carboxylic acids is 3. The van der Waals surface area contributed by atoms with E-state index in [1.54, 1.807) is 42.5 Å². The summed E-state index contributed by atoms with van der Waals surface area (Å²) in [5.74, 6) is -0.724. The molecule has 162 valence electrons. The molecule has 0 spiro atoms. The number of amides is 3. The number of fused-ring (bicyclic) bond motifs is 1. The van der Waals surface area contributed by atoms with E-state index in [9.17, 15) is 14.4 Å². The molecule has 0 saturated carbocycles. The summed E-state index contributed by atoms with van der Waals surface area (Å²) < 4.78 is 5.59. The van der Waals surface area contributed by atoms with Gasteiger partial charge < -0.3 is 10.1 Å². The van der Waals surface area contributed by atoms with E-state index in [0.29, 0.717) is 11.4 Å². The lowest BCUT2D eigenvalue weighted by molar-refractivity contribution is -0.118. The zero-order valence-corrected chi connectivity index (χ0v) is 18.2. The second kappa shape index (κ2) is 8.30. The average molecular weight is 428 g/mol. The fourth-order valence-electron chi connectivity index (χ4n) is 3.59. The van der Waals surface area contributed by atoms with Crippen molar-refractivity contribution >= 4 is 29.1 Å². The third kappa shape index (κ3) is 4.12. The Morgan fingerprint density at radius 3 is 2.22 bits per heavy atom. The highest BCUT2D eigenvalue weighted by molar-refractivity contribution is 6.36. The van der Waals surface area contributed by atoms with E-state index in [0.717, 1.165) is 4.90 Å². The number of benzene rings is 3.